The van der Waals surface area contributed by atoms with Gasteiger partial charge in [-0.15, -0.1) is 0 Å². The molecule has 2 amide bonds. The molecule has 0 aliphatic heterocycles. The molecule has 0 aromatic heterocycles. The van der Waals surface area contributed by atoms with E-state index in [0.717, 1.165) is 0 Å². The molecule has 0 radical (unpaired) electrons. The van der Waals surface area contributed by atoms with Gasteiger partial charge in [-0.3, -0.25) is 14.4 Å². The first-order chi connectivity index (χ1) is 7.34. The van der Waals surface area contributed by atoms with Crippen molar-refractivity contribution >= 4 is 23.6 Å². The van der Waals surface area contributed by atoms with Crippen LogP contribution in [0.4, 0.5) is 0 Å². The van der Waals surface area contributed by atoms with E-state index < -0.39 is 30.1 Å². The number of Topliss-reactive ketones (excluding diaryl/α,β-unsaturated/α-hetero) is 1. The normalized spacial score (nSPS) is 9.06. The summed E-state index contributed by atoms with van der Waals surface area (Å²) in [5.41, 5.74) is 0.245. The van der Waals surface area contributed by atoms with E-state index in [4.69, 9.17) is 5.11 Å². The van der Waals surface area contributed by atoms with Crippen LogP contribution in [0.3, 0.4) is 0 Å². The molecule has 0 saturated heterocycles. The van der Waals surface area contributed by atoms with Crippen molar-refractivity contribution in [3.05, 3.63) is 12.2 Å². The molecule has 0 fully saturated rings. The zero-order valence-corrected chi connectivity index (χ0v) is 8.70. The third kappa shape index (κ3) is 5.53. The standard InChI is InChI=1S/C9H12N2O5/c1-5(2)8(14)11-4-7(13)10-3-6(12)9(15)16/h1,3-4H2,2H3,(H,10,13)(H,11,14)(H,15,16). The molecule has 0 saturated carbocycles. The van der Waals surface area contributed by atoms with E-state index >= 15 is 0 Å². The lowest BCUT2D eigenvalue weighted by Gasteiger charge is -2.04. The minimum Gasteiger partial charge on any atom is -0.475 e. The molecule has 0 unspecified atom stereocenters. The second-order valence-electron chi connectivity index (χ2n) is 2.97. The summed E-state index contributed by atoms with van der Waals surface area (Å²) in [5, 5.41) is 12.5. The van der Waals surface area contributed by atoms with Crippen molar-refractivity contribution in [3.63, 3.8) is 0 Å². The largest absolute Gasteiger partial charge is 0.475 e. The number of rotatable bonds is 6. The van der Waals surface area contributed by atoms with Gasteiger partial charge < -0.3 is 15.7 Å². The molecule has 0 aliphatic carbocycles. The molecule has 0 atom stereocenters. The topological polar surface area (TPSA) is 113 Å². The zero-order chi connectivity index (χ0) is 12.7. The average Bonchev–Trinajstić information content (AvgIpc) is 2.21. The number of hydrogen-bond acceptors (Lipinski definition) is 4. The summed E-state index contributed by atoms with van der Waals surface area (Å²) in [5.74, 6) is -3.88. The highest BCUT2D eigenvalue weighted by atomic mass is 16.4. The Bertz CT molecular complexity index is 316. The van der Waals surface area contributed by atoms with E-state index in [1.54, 1.807) is 0 Å². The molecule has 0 rings (SSSR count). The van der Waals surface area contributed by atoms with Gasteiger partial charge in [-0.25, -0.2) is 4.79 Å². The van der Waals surface area contributed by atoms with Crippen molar-refractivity contribution in [2.75, 3.05) is 13.1 Å². The van der Waals surface area contributed by atoms with Gasteiger partial charge in [-0.2, -0.15) is 0 Å². The summed E-state index contributed by atoms with van der Waals surface area (Å²) in [7, 11) is 0. The van der Waals surface area contributed by atoms with Crippen molar-refractivity contribution in [2.24, 2.45) is 0 Å². The Hall–Kier alpha value is -2.18. The van der Waals surface area contributed by atoms with Crippen molar-refractivity contribution in [2.45, 2.75) is 6.92 Å². The van der Waals surface area contributed by atoms with Crippen molar-refractivity contribution in [1.82, 2.24) is 10.6 Å². The number of aliphatic carboxylic acids is 1. The Balaban J connectivity index is 3.84. The maximum absolute atomic E-state index is 11.0. The Morgan fingerprint density at radius 3 is 2.12 bits per heavy atom. The van der Waals surface area contributed by atoms with E-state index in [9.17, 15) is 19.2 Å². The number of nitrogens with one attached hydrogen (secondary N) is 2. The first kappa shape index (κ1) is 13.8. The molecule has 7 nitrogen and oxygen atoms in total. The number of carboxylic acids is 1. The monoisotopic (exact) mass is 228 g/mol. The number of carbonyl (C=O) groups excluding carboxylic acids is 3. The smallest absolute Gasteiger partial charge is 0.374 e. The van der Waals surface area contributed by atoms with Crippen molar-refractivity contribution in [1.29, 1.82) is 0 Å². The first-order valence-electron chi connectivity index (χ1n) is 4.31. The van der Waals surface area contributed by atoms with E-state index in [1.807, 2.05) is 5.32 Å². The Kier molecular flexibility index (Phi) is 5.47. The van der Waals surface area contributed by atoms with Gasteiger partial charge in [-0.1, -0.05) is 6.58 Å². The Labute approximate surface area is 91.5 Å². The van der Waals surface area contributed by atoms with Crippen LogP contribution in [0.2, 0.25) is 0 Å². The molecular weight excluding hydrogens is 216 g/mol. The molecule has 0 heterocycles. The second-order valence-corrected chi connectivity index (χ2v) is 2.97. The molecular formula is C9H12N2O5. The lowest BCUT2D eigenvalue weighted by atomic mass is 10.3. The van der Waals surface area contributed by atoms with Gasteiger partial charge in [0.15, 0.2) is 0 Å². The molecule has 0 aliphatic rings. The molecule has 16 heavy (non-hydrogen) atoms. The van der Waals surface area contributed by atoms with E-state index in [-0.39, 0.29) is 12.1 Å². The highest BCUT2D eigenvalue weighted by Crippen LogP contribution is 1.84. The fourth-order valence-electron chi connectivity index (χ4n) is 0.628. The summed E-state index contributed by atoms with van der Waals surface area (Å²) >= 11 is 0. The zero-order valence-electron chi connectivity index (χ0n) is 8.70. The van der Waals surface area contributed by atoms with E-state index in [0.29, 0.717) is 0 Å². The minimum absolute atomic E-state index is 0.245. The van der Waals surface area contributed by atoms with Crippen molar-refractivity contribution < 1.29 is 24.3 Å². The third-order valence-electron chi connectivity index (χ3n) is 1.48. The van der Waals surface area contributed by atoms with E-state index in [1.165, 1.54) is 6.92 Å². The van der Waals surface area contributed by atoms with E-state index in [2.05, 4.69) is 11.9 Å². The molecule has 0 bridgehead atoms. The summed E-state index contributed by atoms with van der Waals surface area (Å²) < 4.78 is 0. The summed E-state index contributed by atoms with van der Waals surface area (Å²) in [6.07, 6.45) is 0. The predicted octanol–water partition coefficient (Wildman–Crippen LogP) is -1.55. The first-order valence-corrected chi connectivity index (χ1v) is 4.31. The number of amides is 2. The molecule has 3 N–H and O–H groups in total. The summed E-state index contributed by atoms with van der Waals surface area (Å²) in [6.45, 7) is 3.89. The summed E-state index contributed by atoms with van der Waals surface area (Å²) in [6, 6.07) is 0. The van der Waals surface area contributed by atoms with Gasteiger partial charge in [0.1, 0.15) is 0 Å². The number of carbonyl (C=O) groups is 4. The van der Waals surface area contributed by atoms with Crippen LogP contribution in [0.15, 0.2) is 12.2 Å². The molecule has 7 heteroatoms. The SMILES string of the molecule is C=C(C)C(=O)NCC(=O)NCC(=O)C(=O)O. The predicted molar refractivity (Wildman–Crippen MR) is 53.5 cm³/mol. The lowest BCUT2D eigenvalue weighted by molar-refractivity contribution is -0.148. The van der Waals surface area contributed by atoms with Crippen molar-refractivity contribution in [3.8, 4) is 0 Å². The third-order valence-corrected chi connectivity index (χ3v) is 1.48. The highest BCUT2D eigenvalue weighted by Gasteiger charge is 2.12. The van der Waals surface area contributed by atoms with Gasteiger partial charge in [0.25, 0.3) is 5.78 Å². The Morgan fingerprint density at radius 1 is 1.12 bits per heavy atom. The number of carboxylic acid groups (broad SMARTS) is 1. The fourth-order valence-corrected chi connectivity index (χ4v) is 0.628. The van der Waals surface area contributed by atoms with Gasteiger partial charge in [0.05, 0.1) is 13.1 Å². The quantitative estimate of drug-likeness (QED) is 0.376. The number of hydrogen-bond donors (Lipinski definition) is 3. The lowest BCUT2D eigenvalue weighted by Crippen LogP contribution is -2.40. The van der Waals surface area contributed by atoms with Gasteiger partial charge in [0.2, 0.25) is 11.8 Å². The van der Waals surface area contributed by atoms with Crippen LogP contribution in [-0.2, 0) is 19.2 Å². The van der Waals surface area contributed by atoms with Crippen LogP contribution < -0.4 is 10.6 Å². The average molecular weight is 228 g/mol. The van der Waals surface area contributed by atoms with Crippen LogP contribution in [0.5, 0.6) is 0 Å². The highest BCUT2D eigenvalue weighted by molar-refractivity contribution is 6.33. The molecule has 88 valence electrons. The van der Waals surface area contributed by atoms with Crippen LogP contribution >= 0.6 is 0 Å². The van der Waals surface area contributed by atoms with Crippen LogP contribution in [0.25, 0.3) is 0 Å². The maximum atomic E-state index is 11.0. The van der Waals surface area contributed by atoms with Gasteiger partial charge in [0, 0.05) is 5.57 Å². The maximum Gasteiger partial charge on any atom is 0.374 e. The summed E-state index contributed by atoms with van der Waals surface area (Å²) in [4.78, 5) is 42.6. The minimum atomic E-state index is -1.62. The second kappa shape index (κ2) is 6.33. The van der Waals surface area contributed by atoms with Crippen LogP contribution in [0, 0.1) is 0 Å². The molecule has 0 spiro atoms. The van der Waals surface area contributed by atoms with Gasteiger partial charge in [-0.05, 0) is 6.92 Å². The Morgan fingerprint density at radius 2 is 1.69 bits per heavy atom. The molecule has 0 aromatic rings. The fraction of sp³-hybridized carbons (Fsp3) is 0.333. The molecule has 0 aromatic carbocycles. The van der Waals surface area contributed by atoms with Crippen LogP contribution in [0.1, 0.15) is 6.92 Å². The van der Waals surface area contributed by atoms with Crippen LogP contribution in [-0.4, -0.2) is 41.8 Å². The van der Waals surface area contributed by atoms with Gasteiger partial charge >= 0.3 is 5.97 Å². The number of ketones is 1.